The Labute approximate surface area is 118 Å². The zero-order valence-corrected chi connectivity index (χ0v) is 11.5. The molecule has 0 fully saturated rings. The van der Waals surface area contributed by atoms with E-state index in [1.807, 2.05) is 6.07 Å². The smallest absolute Gasteiger partial charge is 0.223 e. The molecule has 104 valence electrons. The van der Waals surface area contributed by atoms with Crippen LogP contribution in [0.4, 0.5) is 5.95 Å². The lowest BCUT2D eigenvalue weighted by Crippen LogP contribution is -2.31. The molecule has 1 aliphatic rings. The summed E-state index contributed by atoms with van der Waals surface area (Å²) in [5.41, 5.74) is 9.08. The number of hydrogen-bond donors (Lipinski definition) is 1. The van der Waals surface area contributed by atoms with Gasteiger partial charge in [0, 0.05) is 26.1 Å². The Balaban J connectivity index is 1.81. The Morgan fingerprint density at radius 1 is 1.25 bits per heavy atom. The number of methoxy groups -OCH3 is 1. The third kappa shape index (κ3) is 2.58. The van der Waals surface area contributed by atoms with Gasteiger partial charge in [-0.1, -0.05) is 30.3 Å². The summed E-state index contributed by atoms with van der Waals surface area (Å²) in [6.07, 6.45) is 0.880. The summed E-state index contributed by atoms with van der Waals surface area (Å²) < 4.78 is 5.33. The first kappa shape index (κ1) is 12.9. The van der Waals surface area contributed by atoms with Crippen molar-refractivity contribution in [3.8, 4) is 5.88 Å². The van der Waals surface area contributed by atoms with Crippen molar-refractivity contribution in [3.05, 3.63) is 47.2 Å². The standard InChI is InChI=1S/C15H18N4O/c1-20-14-12-10-19(9-11-5-3-2-4-6-11)8-7-13(12)17-15(16)18-14/h2-6H,7-10H2,1H3,(H2,16,17,18). The summed E-state index contributed by atoms with van der Waals surface area (Å²) in [5.74, 6) is 0.891. The van der Waals surface area contributed by atoms with Crippen LogP contribution in [0.25, 0.3) is 0 Å². The van der Waals surface area contributed by atoms with Crippen molar-refractivity contribution in [2.75, 3.05) is 19.4 Å². The van der Waals surface area contributed by atoms with Gasteiger partial charge in [-0.05, 0) is 5.56 Å². The maximum atomic E-state index is 5.70. The first-order valence-corrected chi connectivity index (χ1v) is 6.72. The molecule has 0 saturated carbocycles. The van der Waals surface area contributed by atoms with Crippen LogP contribution >= 0.6 is 0 Å². The summed E-state index contributed by atoms with van der Waals surface area (Å²) in [5, 5.41) is 0. The monoisotopic (exact) mass is 270 g/mol. The summed E-state index contributed by atoms with van der Waals surface area (Å²) in [7, 11) is 1.62. The van der Waals surface area contributed by atoms with Gasteiger partial charge in [0.05, 0.1) is 18.4 Å². The molecule has 2 aromatic rings. The van der Waals surface area contributed by atoms with E-state index in [4.69, 9.17) is 10.5 Å². The minimum Gasteiger partial charge on any atom is -0.481 e. The van der Waals surface area contributed by atoms with Crippen LogP contribution in [0, 0.1) is 0 Å². The number of nitrogen functional groups attached to an aromatic ring is 1. The van der Waals surface area contributed by atoms with Crippen LogP contribution in [0.15, 0.2) is 30.3 Å². The van der Waals surface area contributed by atoms with Crippen molar-refractivity contribution in [1.82, 2.24) is 14.9 Å². The average molecular weight is 270 g/mol. The van der Waals surface area contributed by atoms with Crippen molar-refractivity contribution in [2.24, 2.45) is 0 Å². The van der Waals surface area contributed by atoms with Gasteiger partial charge in [-0.15, -0.1) is 0 Å². The number of nitrogens with two attached hydrogens (primary N) is 1. The molecule has 5 nitrogen and oxygen atoms in total. The summed E-state index contributed by atoms with van der Waals surface area (Å²) >= 11 is 0. The molecule has 0 radical (unpaired) electrons. The van der Waals surface area contributed by atoms with Crippen LogP contribution < -0.4 is 10.5 Å². The van der Waals surface area contributed by atoms with Crippen LogP contribution in [0.3, 0.4) is 0 Å². The lowest BCUT2D eigenvalue weighted by atomic mass is 10.1. The molecule has 0 spiro atoms. The number of anilines is 1. The van der Waals surface area contributed by atoms with Crippen molar-refractivity contribution in [3.63, 3.8) is 0 Å². The molecule has 0 amide bonds. The van der Waals surface area contributed by atoms with Crippen LogP contribution in [0.1, 0.15) is 16.8 Å². The number of ether oxygens (including phenoxy) is 1. The Morgan fingerprint density at radius 3 is 2.80 bits per heavy atom. The van der Waals surface area contributed by atoms with E-state index in [0.717, 1.165) is 37.3 Å². The molecule has 0 atom stereocenters. The second-order valence-corrected chi connectivity index (χ2v) is 4.96. The molecule has 2 heterocycles. The van der Waals surface area contributed by atoms with Gasteiger partial charge in [-0.2, -0.15) is 4.98 Å². The molecule has 5 heteroatoms. The van der Waals surface area contributed by atoms with Crippen molar-refractivity contribution >= 4 is 5.95 Å². The molecule has 0 unspecified atom stereocenters. The van der Waals surface area contributed by atoms with Gasteiger partial charge in [-0.3, -0.25) is 4.90 Å². The zero-order valence-electron chi connectivity index (χ0n) is 11.5. The number of aromatic nitrogens is 2. The van der Waals surface area contributed by atoms with Crippen LogP contribution in [-0.2, 0) is 19.5 Å². The van der Waals surface area contributed by atoms with Gasteiger partial charge in [0.2, 0.25) is 11.8 Å². The van der Waals surface area contributed by atoms with E-state index in [9.17, 15) is 0 Å². The Bertz CT molecular complexity index is 583. The van der Waals surface area contributed by atoms with Crippen molar-refractivity contribution in [1.29, 1.82) is 0 Å². The predicted octanol–water partition coefficient (Wildman–Crippen LogP) is 1.63. The lowest BCUT2D eigenvalue weighted by Gasteiger charge is -2.28. The summed E-state index contributed by atoms with van der Waals surface area (Å²) in [4.78, 5) is 10.9. The van der Waals surface area contributed by atoms with E-state index in [1.165, 1.54) is 5.56 Å². The summed E-state index contributed by atoms with van der Waals surface area (Å²) in [6.45, 7) is 2.70. The highest BCUT2D eigenvalue weighted by molar-refractivity contribution is 5.37. The first-order chi connectivity index (χ1) is 9.76. The zero-order chi connectivity index (χ0) is 13.9. The molecular weight excluding hydrogens is 252 g/mol. The van der Waals surface area contributed by atoms with Gasteiger partial charge in [0.1, 0.15) is 0 Å². The second kappa shape index (κ2) is 5.46. The summed E-state index contributed by atoms with van der Waals surface area (Å²) in [6, 6.07) is 10.5. The highest BCUT2D eigenvalue weighted by atomic mass is 16.5. The molecule has 2 N–H and O–H groups in total. The maximum Gasteiger partial charge on any atom is 0.223 e. The molecule has 20 heavy (non-hydrogen) atoms. The van der Waals surface area contributed by atoms with E-state index in [-0.39, 0.29) is 5.95 Å². The minimum atomic E-state index is 0.289. The number of benzene rings is 1. The van der Waals surface area contributed by atoms with Gasteiger partial charge >= 0.3 is 0 Å². The van der Waals surface area contributed by atoms with Crippen molar-refractivity contribution < 1.29 is 4.74 Å². The highest BCUT2D eigenvalue weighted by Gasteiger charge is 2.22. The van der Waals surface area contributed by atoms with Crippen molar-refractivity contribution in [2.45, 2.75) is 19.5 Å². The largest absolute Gasteiger partial charge is 0.481 e. The third-order valence-electron chi connectivity index (χ3n) is 3.56. The Kier molecular flexibility index (Phi) is 3.52. The van der Waals surface area contributed by atoms with Crippen LogP contribution in [0.2, 0.25) is 0 Å². The normalized spacial score (nSPS) is 14.8. The van der Waals surface area contributed by atoms with E-state index in [0.29, 0.717) is 5.88 Å². The van der Waals surface area contributed by atoms with E-state index >= 15 is 0 Å². The fourth-order valence-corrected chi connectivity index (χ4v) is 2.60. The predicted molar refractivity (Wildman–Crippen MR) is 77.3 cm³/mol. The molecule has 0 bridgehead atoms. The first-order valence-electron chi connectivity index (χ1n) is 6.72. The Hall–Kier alpha value is -2.14. The second-order valence-electron chi connectivity index (χ2n) is 4.96. The highest BCUT2D eigenvalue weighted by Crippen LogP contribution is 2.26. The minimum absolute atomic E-state index is 0.289. The lowest BCUT2D eigenvalue weighted by molar-refractivity contribution is 0.236. The van der Waals surface area contributed by atoms with E-state index < -0.39 is 0 Å². The molecule has 0 saturated heterocycles. The molecule has 1 aliphatic heterocycles. The molecule has 3 rings (SSSR count). The quantitative estimate of drug-likeness (QED) is 0.918. The molecule has 1 aromatic carbocycles. The Morgan fingerprint density at radius 2 is 2.05 bits per heavy atom. The number of fused-ring (bicyclic) bond motifs is 1. The fraction of sp³-hybridized carbons (Fsp3) is 0.333. The fourth-order valence-electron chi connectivity index (χ4n) is 2.60. The van der Waals surface area contributed by atoms with Gasteiger partial charge < -0.3 is 10.5 Å². The maximum absolute atomic E-state index is 5.70. The number of hydrogen-bond acceptors (Lipinski definition) is 5. The average Bonchev–Trinajstić information content (AvgIpc) is 2.48. The SMILES string of the molecule is COc1nc(N)nc2c1CN(Cc1ccccc1)CC2. The topological polar surface area (TPSA) is 64.3 Å². The van der Waals surface area contributed by atoms with Crippen LogP contribution in [-0.4, -0.2) is 28.5 Å². The number of nitrogens with zero attached hydrogens (tertiary/aromatic N) is 3. The number of rotatable bonds is 3. The third-order valence-corrected chi connectivity index (χ3v) is 3.56. The molecular formula is C15H18N4O. The van der Waals surface area contributed by atoms with Gasteiger partial charge in [0.25, 0.3) is 0 Å². The van der Waals surface area contributed by atoms with Gasteiger partial charge in [-0.25, -0.2) is 4.98 Å². The molecule has 0 aliphatic carbocycles. The van der Waals surface area contributed by atoms with Crippen LogP contribution in [0.5, 0.6) is 5.88 Å². The van der Waals surface area contributed by atoms with E-state index in [1.54, 1.807) is 7.11 Å². The molecule has 1 aromatic heterocycles. The van der Waals surface area contributed by atoms with E-state index in [2.05, 4.69) is 39.1 Å². The van der Waals surface area contributed by atoms with Gasteiger partial charge in [0.15, 0.2) is 0 Å².